The van der Waals surface area contributed by atoms with Crippen LogP contribution in [0.5, 0.6) is 11.5 Å². The van der Waals surface area contributed by atoms with Crippen molar-refractivity contribution in [1.29, 1.82) is 0 Å². The van der Waals surface area contributed by atoms with Crippen molar-refractivity contribution in [2.45, 2.75) is 12.0 Å². The van der Waals surface area contributed by atoms with Gasteiger partial charge in [0.15, 0.2) is 17.3 Å². The molecule has 8 nitrogen and oxygen atoms in total. The van der Waals surface area contributed by atoms with Crippen LogP contribution in [0, 0.1) is 10.1 Å². The lowest BCUT2D eigenvalue weighted by molar-refractivity contribution is -0.384. The van der Waals surface area contributed by atoms with Crippen molar-refractivity contribution < 1.29 is 24.0 Å². The van der Waals surface area contributed by atoms with E-state index in [0.29, 0.717) is 28.2 Å². The quantitative estimate of drug-likeness (QED) is 0.577. The van der Waals surface area contributed by atoms with Gasteiger partial charge in [-0.1, -0.05) is 6.07 Å². The van der Waals surface area contributed by atoms with Crippen LogP contribution in [-0.2, 0) is 0 Å². The maximum atomic E-state index is 13.1. The zero-order chi connectivity index (χ0) is 18.2. The molecule has 2 aromatic rings. The Balaban J connectivity index is 1.72. The topological polar surface area (TPSA) is 99.0 Å². The van der Waals surface area contributed by atoms with Gasteiger partial charge in [-0.25, -0.2) is 0 Å². The number of rotatable bonds is 1. The number of likely N-dealkylation sites (N-methyl/N-ethyl adjacent to an activating group) is 1. The van der Waals surface area contributed by atoms with Gasteiger partial charge in [0, 0.05) is 24.7 Å². The number of nitro benzene ring substituents is 1. The minimum atomic E-state index is -0.592. The Labute approximate surface area is 147 Å². The van der Waals surface area contributed by atoms with Gasteiger partial charge >= 0.3 is 0 Å². The Morgan fingerprint density at radius 3 is 2.54 bits per heavy atom. The van der Waals surface area contributed by atoms with Crippen molar-refractivity contribution in [2.75, 3.05) is 13.8 Å². The van der Waals surface area contributed by atoms with Gasteiger partial charge in [-0.2, -0.15) is 0 Å². The molecule has 2 heterocycles. The molecule has 2 aromatic carbocycles. The fourth-order valence-corrected chi connectivity index (χ4v) is 4.08. The predicted molar refractivity (Wildman–Crippen MR) is 87.6 cm³/mol. The number of ether oxygens (including phenoxy) is 2. The van der Waals surface area contributed by atoms with Gasteiger partial charge in [0.25, 0.3) is 11.6 Å². The average Bonchev–Trinajstić information content (AvgIpc) is 3.20. The number of fused-ring (bicyclic) bond motifs is 6. The number of nitrogens with zero attached hydrogens (tertiary/aromatic N) is 2. The highest BCUT2D eigenvalue weighted by atomic mass is 16.7. The molecule has 0 N–H and O–H groups in total. The number of carbonyl (C=O) groups is 2. The third-order valence-electron chi connectivity index (χ3n) is 5.28. The molecule has 2 atom stereocenters. The molecule has 0 saturated carbocycles. The molecule has 1 amide bonds. The smallest absolute Gasteiger partial charge is 0.270 e. The monoisotopic (exact) mass is 352 g/mol. The number of hydrogen-bond acceptors (Lipinski definition) is 6. The van der Waals surface area contributed by atoms with E-state index in [4.69, 9.17) is 9.47 Å². The zero-order valence-corrected chi connectivity index (χ0v) is 13.6. The van der Waals surface area contributed by atoms with Crippen molar-refractivity contribution >= 4 is 17.4 Å². The Bertz CT molecular complexity index is 1030. The van der Waals surface area contributed by atoms with E-state index in [-0.39, 0.29) is 29.7 Å². The highest BCUT2D eigenvalue weighted by molar-refractivity contribution is 6.11. The lowest BCUT2D eigenvalue weighted by Gasteiger charge is -2.35. The fraction of sp³-hybridized carbons (Fsp3) is 0.222. The molecular formula is C18H12N2O6. The van der Waals surface area contributed by atoms with E-state index in [9.17, 15) is 19.7 Å². The summed E-state index contributed by atoms with van der Waals surface area (Å²) in [6.45, 7) is 0.0990. The number of carbonyl (C=O) groups excluding carboxylic acids is 2. The van der Waals surface area contributed by atoms with Gasteiger partial charge in [0.2, 0.25) is 6.79 Å². The van der Waals surface area contributed by atoms with Gasteiger partial charge in [-0.05, 0) is 23.3 Å². The molecule has 1 aliphatic carbocycles. The normalized spacial score (nSPS) is 22.1. The number of benzene rings is 2. The third kappa shape index (κ3) is 1.73. The van der Waals surface area contributed by atoms with E-state index >= 15 is 0 Å². The average molecular weight is 352 g/mol. The summed E-state index contributed by atoms with van der Waals surface area (Å²) in [5.41, 5.74) is 1.75. The first-order chi connectivity index (χ1) is 12.5. The van der Waals surface area contributed by atoms with Crippen LogP contribution in [0.2, 0.25) is 0 Å². The molecule has 0 bridgehead atoms. The molecular weight excluding hydrogens is 340 g/mol. The highest BCUT2D eigenvalue weighted by Crippen LogP contribution is 2.52. The Morgan fingerprint density at radius 1 is 1.08 bits per heavy atom. The second kappa shape index (κ2) is 4.81. The number of hydrogen-bond donors (Lipinski definition) is 0. The summed E-state index contributed by atoms with van der Waals surface area (Å²) in [7, 11) is 1.61. The molecule has 26 heavy (non-hydrogen) atoms. The van der Waals surface area contributed by atoms with Crippen molar-refractivity contribution in [3.63, 3.8) is 0 Å². The van der Waals surface area contributed by atoms with Crippen molar-refractivity contribution in [3.8, 4) is 11.5 Å². The van der Waals surface area contributed by atoms with Gasteiger partial charge < -0.3 is 14.4 Å². The predicted octanol–water partition coefficient (Wildman–Crippen LogP) is 2.43. The molecule has 0 unspecified atom stereocenters. The summed E-state index contributed by atoms with van der Waals surface area (Å²) in [4.78, 5) is 37.9. The van der Waals surface area contributed by atoms with Crippen LogP contribution in [0.3, 0.4) is 0 Å². The van der Waals surface area contributed by atoms with Crippen LogP contribution in [0.25, 0.3) is 0 Å². The number of Topliss-reactive ketones (excluding diaryl/α,β-unsaturated/α-hetero) is 1. The summed E-state index contributed by atoms with van der Waals surface area (Å²) in [6.07, 6.45) is 0. The van der Waals surface area contributed by atoms with E-state index < -0.39 is 16.9 Å². The molecule has 0 aromatic heterocycles. The van der Waals surface area contributed by atoms with Gasteiger partial charge in [-0.15, -0.1) is 0 Å². The fourth-order valence-electron chi connectivity index (χ4n) is 4.08. The summed E-state index contributed by atoms with van der Waals surface area (Å²) >= 11 is 0. The van der Waals surface area contributed by atoms with Crippen molar-refractivity contribution in [3.05, 3.63) is 62.7 Å². The molecule has 130 valence electrons. The Hall–Kier alpha value is -3.42. The molecule has 0 spiro atoms. The van der Waals surface area contributed by atoms with Crippen molar-refractivity contribution in [2.24, 2.45) is 0 Å². The second-order valence-electron chi connectivity index (χ2n) is 6.52. The first kappa shape index (κ1) is 14.9. The summed E-state index contributed by atoms with van der Waals surface area (Å²) < 4.78 is 10.8. The summed E-state index contributed by atoms with van der Waals surface area (Å²) in [5.74, 6) is -0.00625. The van der Waals surface area contributed by atoms with Gasteiger partial charge in [0.1, 0.15) is 0 Å². The first-order valence-electron chi connectivity index (χ1n) is 8.00. The second-order valence-corrected chi connectivity index (χ2v) is 6.52. The minimum Gasteiger partial charge on any atom is -0.454 e. The van der Waals surface area contributed by atoms with Gasteiger partial charge in [0.05, 0.1) is 22.4 Å². The largest absolute Gasteiger partial charge is 0.454 e. The summed E-state index contributed by atoms with van der Waals surface area (Å²) in [5, 5.41) is 11.0. The SMILES string of the molecule is CN1C(=O)c2cc([N+](=O)[O-])ccc2[C@H]2C(=O)c3cc4c(cc3[C@H]21)OCO4. The van der Waals surface area contributed by atoms with E-state index in [1.54, 1.807) is 19.2 Å². The molecule has 0 saturated heterocycles. The number of nitro groups is 1. The van der Waals surface area contributed by atoms with Crippen molar-refractivity contribution in [1.82, 2.24) is 4.90 Å². The van der Waals surface area contributed by atoms with E-state index in [0.717, 1.165) is 0 Å². The maximum absolute atomic E-state index is 13.1. The molecule has 5 rings (SSSR count). The molecule has 0 radical (unpaired) electrons. The van der Waals surface area contributed by atoms with Crippen LogP contribution in [0.4, 0.5) is 5.69 Å². The highest BCUT2D eigenvalue weighted by Gasteiger charge is 2.50. The summed E-state index contributed by atoms with van der Waals surface area (Å²) in [6, 6.07) is 7.03. The standard InChI is InChI=1S/C18H12N2O6/c1-19-16-10-5-13-14(26-7-25-13)6-11(10)17(21)15(16)9-3-2-8(20(23)24)4-12(9)18(19)22/h2-6,15-16H,7H2,1H3/t15-,16-/m1/s1. The number of ketones is 1. The first-order valence-corrected chi connectivity index (χ1v) is 8.00. The van der Waals surface area contributed by atoms with Crippen LogP contribution in [0.15, 0.2) is 30.3 Å². The van der Waals surface area contributed by atoms with E-state index in [1.165, 1.54) is 23.1 Å². The van der Waals surface area contributed by atoms with Gasteiger partial charge in [-0.3, -0.25) is 19.7 Å². The van der Waals surface area contributed by atoms with Crippen LogP contribution in [0.1, 0.15) is 43.8 Å². The van der Waals surface area contributed by atoms with Crippen LogP contribution < -0.4 is 9.47 Å². The maximum Gasteiger partial charge on any atom is 0.270 e. The van der Waals surface area contributed by atoms with E-state index in [2.05, 4.69) is 0 Å². The molecule has 0 fully saturated rings. The number of non-ortho nitro benzene ring substituents is 1. The third-order valence-corrected chi connectivity index (χ3v) is 5.28. The van der Waals surface area contributed by atoms with E-state index in [1.807, 2.05) is 0 Å². The molecule has 8 heteroatoms. The molecule has 2 aliphatic heterocycles. The van der Waals surface area contributed by atoms with Crippen LogP contribution >= 0.6 is 0 Å². The lowest BCUT2D eigenvalue weighted by Crippen LogP contribution is -2.39. The Morgan fingerprint density at radius 2 is 1.81 bits per heavy atom. The Kier molecular flexibility index (Phi) is 2.75. The zero-order valence-electron chi connectivity index (χ0n) is 13.6. The minimum absolute atomic E-state index is 0.0990. The number of amides is 1. The molecule has 3 aliphatic rings. The van der Waals surface area contributed by atoms with Crippen LogP contribution in [-0.4, -0.2) is 35.4 Å². The lowest BCUT2D eigenvalue weighted by atomic mass is 9.83.